The van der Waals surface area contributed by atoms with E-state index in [4.69, 9.17) is 4.74 Å². The van der Waals surface area contributed by atoms with Crippen LogP contribution in [0.3, 0.4) is 0 Å². The van der Waals surface area contributed by atoms with Gasteiger partial charge in [-0.1, -0.05) is 6.92 Å². The third kappa shape index (κ3) is 5.39. The minimum atomic E-state index is -3.77. The van der Waals surface area contributed by atoms with Gasteiger partial charge in [0.05, 0.1) is 11.5 Å². The van der Waals surface area contributed by atoms with Gasteiger partial charge in [-0.05, 0) is 37.1 Å². The molecule has 0 aliphatic carbocycles. The molecule has 0 bridgehead atoms. The number of amides is 3. The van der Waals surface area contributed by atoms with Crippen LogP contribution in [0.5, 0.6) is 0 Å². The van der Waals surface area contributed by atoms with Crippen molar-refractivity contribution in [2.24, 2.45) is 0 Å². The predicted octanol–water partition coefficient (Wildman–Crippen LogP) is 0.955. The molecule has 2 aliphatic heterocycles. The van der Waals surface area contributed by atoms with Crippen LogP contribution in [0.25, 0.3) is 0 Å². The maximum atomic E-state index is 12.7. The van der Waals surface area contributed by atoms with Gasteiger partial charge in [-0.25, -0.2) is 17.9 Å². The van der Waals surface area contributed by atoms with E-state index in [9.17, 15) is 22.8 Å². The van der Waals surface area contributed by atoms with E-state index in [0.717, 1.165) is 11.3 Å². The molecule has 176 valence electrons. The van der Waals surface area contributed by atoms with Gasteiger partial charge in [-0.15, -0.1) is 0 Å². The zero-order chi connectivity index (χ0) is 23.3. The lowest BCUT2D eigenvalue weighted by molar-refractivity contribution is -0.132. The Hall–Kier alpha value is -2.66. The number of hydrogen-bond donors (Lipinski definition) is 1. The number of fused-ring (bicyclic) bond motifs is 1. The zero-order valence-electron chi connectivity index (χ0n) is 18.5. The van der Waals surface area contributed by atoms with Crippen molar-refractivity contribution in [3.8, 4) is 0 Å². The van der Waals surface area contributed by atoms with E-state index in [1.54, 1.807) is 40.7 Å². The van der Waals surface area contributed by atoms with Gasteiger partial charge in [0.1, 0.15) is 0 Å². The van der Waals surface area contributed by atoms with Crippen LogP contribution in [0.4, 0.5) is 10.5 Å². The molecule has 3 amide bonds. The second-order valence-corrected chi connectivity index (χ2v) is 9.42. The van der Waals surface area contributed by atoms with Crippen LogP contribution in [0.15, 0.2) is 23.1 Å². The summed E-state index contributed by atoms with van der Waals surface area (Å²) in [6, 6.07) is 4.74. The van der Waals surface area contributed by atoms with Gasteiger partial charge < -0.3 is 19.4 Å². The quantitative estimate of drug-likeness (QED) is 0.640. The molecule has 0 radical (unpaired) electrons. The molecule has 0 saturated carbocycles. The van der Waals surface area contributed by atoms with Crippen molar-refractivity contribution in [3.05, 3.63) is 23.8 Å². The third-order valence-corrected chi connectivity index (χ3v) is 7.11. The van der Waals surface area contributed by atoms with Crippen molar-refractivity contribution in [2.45, 2.75) is 38.0 Å². The van der Waals surface area contributed by atoms with Crippen molar-refractivity contribution in [1.82, 2.24) is 14.5 Å². The molecule has 0 atom stereocenters. The number of sulfonamides is 1. The molecule has 1 aromatic rings. The summed E-state index contributed by atoms with van der Waals surface area (Å²) in [4.78, 5) is 41.1. The van der Waals surface area contributed by atoms with Crippen LogP contribution in [-0.2, 0) is 30.8 Å². The lowest BCUT2D eigenvalue weighted by Crippen LogP contribution is -2.51. The van der Waals surface area contributed by atoms with Crippen LogP contribution in [-0.4, -0.2) is 82.0 Å². The SMILES string of the molecule is CCOC(=O)N1CCN(C(=O)CCNS(=O)(=O)c2ccc3c(c2)CCN3C(=O)CC)CC1. The van der Waals surface area contributed by atoms with Gasteiger partial charge in [0, 0.05) is 57.8 Å². The van der Waals surface area contributed by atoms with E-state index in [-0.39, 0.29) is 35.8 Å². The van der Waals surface area contributed by atoms with Gasteiger partial charge in [-0.2, -0.15) is 0 Å². The fourth-order valence-electron chi connectivity index (χ4n) is 3.88. The first kappa shape index (κ1) is 24.0. The van der Waals surface area contributed by atoms with Crippen LogP contribution >= 0.6 is 0 Å². The van der Waals surface area contributed by atoms with Gasteiger partial charge in [0.15, 0.2) is 0 Å². The summed E-state index contributed by atoms with van der Waals surface area (Å²) in [5, 5.41) is 0. The maximum absolute atomic E-state index is 12.7. The first-order valence-corrected chi connectivity index (χ1v) is 12.4. The van der Waals surface area contributed by atoms with Gasteiger partial charge >= 0.3 is 6.09 Å². The summed E-state index contributed by atoms with van der Waals surface area (Å²) in [5.74, 6) is -0.155. The third-order valence-electron chi connectivity index (χ3n) is 5.65. The summed E-state index contributed by atoms with van der Waals surface area (Å²) in [6.07, 6.45) is 0.652. The lowest BCUT2D eigenvalue weighted by Gasteiger charge is -2.34. The first-order valence-electron chi connectivity index (χ1n) is 10.9. The van der Waals surface area contributed by atoms with Crippen molar-refractivity contribution < 1.29 is 27.5 Å². The molecule has 1 saturated heterocycles. The Kier molecular flexibility index (Phi) is 7.73. The summed E-state index contributed by atoms with van der Waals surface area (Å²) >= 11 is 0. The Morgan fingerprint density at radius 3 is 2.34 bits per heavy atom. The Balaban J connectivity index is 1.50. The molecule has 3 rings (SSSR count). The Morgan fingerprint density at radius 2 is 1.69 bits per heavy atom. The number of benzene rings is 1. The molecule has 10 nitrogen and oxygen atoms in total. The molecular formula is C21H30N4O6S. The second-order valence-electron chi connectivity index (χ2n) is 7.65. The molecule has 0 unspecified atom stereocenters. The standard InChI is InChI=1S/C21H30N4O6S/c1-3-19(26)25-10-8-16-15-17(5-6-18(16)25)32(29,30)22-9-7-20(27)23-11-13-24(14-12-23)21(28)31-4-2/h5-6,15,22H,3-4,7-14H2,1-2H3. The number of nitrogens with one attached hydrogen (secondary N) is 1. The lowest BCUT2D eigenvalue weighted by atomic mass is 10.2. The number of anilines is 1. The van der Waals surface area contributed by atoms with E-state index in [2.05, 4.69) is 4.72 Å². The predicted molar refractivity (Wildman–Crippen MR) is 118 cm³/mol. The van der Waals surface area contributed by atoms with E-state index < -0.39 is 10.0 Å². The highest BCUT2D eigenvalue weighted by atomic mass is 32.2. The number of rotatable bonds is 7. The molecular weight excluding hydrogens is 436 g/mol. The van der Waals surface area contributed by atoms with E-state index in [1.165, 1.54) is 6.07 Å². The molecule has 11 heteroatoms. The molecule has 32 heavy (non-hydrogen) atoms. The fourth-order valence-corrected chi connectivity index (χ4v) is 4.96. The Labute approximate surface area is 188 Å². The van der Waals surface area contributed by atoms with Gasteiger partial charge in [0.25, 0.3) is 0 Å². The number of nitrogens with zero attached hydrogens (tertiary/aromatic N) is 3. The second kappa shape index (κ2) is 10.3. The topological polar surface area (TPSA) is 116 Å². The van der Waals surface area contributed by atoms with Crippen LogP contribution in [0.1, 0.15) is 32.3 Å². The van der Waals surface area contributed by atoms with Crippen molar-refractivity contribution >= 4 is 33.6 Å². The Bertz CT molecular complexity index is 973. The maximum Gasteiger partial charge on any atom is 0.409 e. The number of carbonyl (C=O) groups is 3. The van der Waals surface area contributed by atoms with E-state index in [0.29, 0.717) is 52.2 Å². The average Bonchev–Trinajstić information content (AvgIpc) is 3.22. The number of hydrogen-bond acceptors (Lipinski definition) is 6. The fraction of sp³-hybridized carbons (Fsp3) is 0.571. The van der Waals surface area contributed by atoms with Crippen LogP contribution in [0, 0.1) is 0 Å². The van der Waals surface area contributed by atoms with Crippen molar-refractivity contribution in [2.75, 3.05) is 50.8 Å². The highest BCUT2D eigenvalue weighted by molar-refractivity contribution is 7.89. The largest absolute Gasteiger partial charge is 0.450 e. The minimum absolute atomic E-state index is 0.0130. The highest BCUT2D eigenvalue weighted by Gasteiger charge is 2.27. The summed E-state index contributed by atoms with van der Waals surface area (Å²) in [6.45, 7) is 5.94. The Morgan fingerprint density at radius 1 is 1.00 bits per heavy atom. The first-order chi connectivity index (χ1) is 15.3. The normalized spacial score (nSPS) is 16.1. The summed E-state index contributed by atoms with van der Waals surface area (Å²) in [5.41, 5.74) is 1.58. The average molecular weight is 467 g/mol. The van der Waals surface area contributed by atoms with Crippen LogP contribution in [0.2, 0.25) is 0 Å². The molecule has 1 aromatic carbocycles. The highest BCUT2D eigenvalue weighted by Crippen LogP contribution is 2.30. The molecule has 2 heterocycles. The van der Waals surface area contributed by atoms with Crippen molar-refractivity contribution in [1.29, 1.82) is 0 Å². The molecule has 0 spiro atoms. The van der Waals surface area contributed by atoms with Crippen molar-refractivity contribution in [3.63, 3.8) is 0 Å². The molecule has 2 aliphatic rings. The number of ether oxygens (including phenoxy) is 1. The minimum Gasteiger partial charge on any atom is -0.450 e. The zero-order valence-corrected chi connectivity index (χ0v) is 19.3. The molecule has 1 N–H and O–H groups in total. The number of carbonyl (C=O) groups excluding carboxylic acids is 3. The molecule has 0 aromatic heterocycles. The van der Waals surface area contributed by atoms with Gasteiger partial charge in [0.2, 0.25) is 21.8 Å². The summed E-state index contributed by atoms with van der Waals surface area (Å²) < 4.78 is 32.8. The van der Waals surface area contributed by atoms with Crippen LogP contribution < -0.4 is 9.62 Å². The summed E-state index contributed by atoms with van der Waals surface area (Å²) in [7, 11) is -3.77. The number of piperazine rings is 1. The van der Waals surface area contributed by atoms with E-state index >= 15 is 0 Å². The smallest absolute Gasteiger partial charge is 0.409 e. The molecule has 1 fully saturated rings. The monoisotopic (exact) mass is 466 g/mol. The van der Waals surface area contributed by atoms with E-state index in [1.807, 2.05) is 0 Å². The van der Waals surface area contributed by atoms with Gasteiger partial charge in [-0.3, -0.25) is 9.59 Å².